The van der Waals surface area contributed by atoms with E-state index in [9.17, 15) is 9.90 Å². The Morgan fingerprint density at radius 2 is 1.90 bits per heavy atom. The van der Waals surface area contributed by atoms with Gasteiger partial charge in [-0.2, -0.15) is 0 Å². The predicted molar refractivity (Wildman–Crippen MR) is 76.4 cm³/mol. The predicted octanol–water partition coefficient (Wildman–Crippen LogP) is 3.51. The first-order valence-corrected chi connectivity index (χ1v) is 6.20. The van der Waals surface area contributed by atoms with Crippen molar-refractivity contribution < 1.29 is 19.4 Å². The van der Waals surface area contributed by atoms with Crippen LogP contribution in [0.25, 0.3) is 11.1 Å². The second-order valence-electron chi connectivity index (χ2n) is 4.07. The molecule has 0 heterocycles. The summed E-state index contributed by atoms with van der Waals surface area (Å²) >= 11 is 6.16. The number of hydrogen-bond donors (Lipinski definition) is 1. The lowest BCUT2D eigenvalue weighted by Gasteiger charge is -2.09. The molecule has 0 spiro atoms. The average molecular weight is 293 g/mol. The van der Waals surface area contributed by atoms with Crippen LogP contribution >= 0.6 is 11.6 Å². The summed E-state index contributed by atoms with van der Waals surface area (Å²) in [7, 11) is 2.78. The molecule has 20 heavy (non-hydrogen) atoms. The Morgan fingerprint density at radius 1 is 1.15 bits per heavy atom. The Bertz CT molecular complexity index is 652. The van der Waals surface area contributed by atoms with Gasteiger partial charge in [-0.05, 0) is 35.9 Å². The number of rotatable bonds is 3. The molecule has 0 radical (unpaired) electrons. The van der Waals surface area contributed by atoms with Crippen molar-refractivity contribution in [1.29, 1.82) is 0 Å². The van der Waals surface area contributed by atoms with E-state index in [0.717, 1.165) is 5.56 Å². The molecule has 0 aliphatic rings. The number of methoxy groups -OCH3 is 2. The fraction of sp³-hybridized carbons (Fsp3) is 0.133. The molecule has 0 aliphatic carbocycles. The van der Waals surface area contributed by atoms with Gasteiger partial charge < -0.3 is 14.6 Å². The quantitative estimate of drug-likeness (QED) is 0.880. The van der Waals surface area contributed by atoms with Crippen LogP contribution in [0.4, 0.5) is 0 Å². The first-order chi connectivity index (χ1) is 9.56. The van der Waals surface area contributed by atoms with E-state index in [1.165, 1.54) is 20.3 Å². The monoisotopic (exact) mass is 292 g/mol. The van der Waals surface area contributed by atoms with E-state index in [1.807, 2.05) is 0 Å². The Hall–Kier alpha value is -2.20. The Kier molecular flexibility index (Phi) is 4.15. The lowest BCUT2D eigenvalue weighted by Crippen LogP contribution is -2.01. The second kappa shape index (κ2) is 5.84. The van der Waals surface area contributed by atoms with Crippen LogP contribution in [-0.2, 0) is 4.74 Å². The highest BCUT2D eigenvalue weighted by Crippen LogP contribution is 2.35. The van der Waals surface area contributed by atoms with E-state index in [2.05, 4.69) is 4.74 Å². The Labute approximate surface area is 121 Å². The molecule has 0 saturated heterocycles. The molecule has 2 rings (SSSR count). The lowest BCUT2D eigenvalue weighted by atomic mass is 10.0. The van der Waals surface area contributed by atoms with Crippen molar-refractivity contribution in [3.63, 3.8) is 0 Å². The average Bonchev–Trinajstić information content (AvgIpc) is 2.47. The molecule has 0 bridgehead atoms. The van der Waals surface area contributed by atoms with Crippen LogP contribution < -0.4 is 4.74 Å². The van der Waals surface area contributed by atoms with Crippen molar-refractivity contribution in [1.82, 2.24) is 0 Å². The maximum absolute atomic E-state index is 11.6. The van der Waals surface area contributed by atoms with E-state index in [1.54, 1.807) is 30.3 Å². The van der Waals surface area contributed by atoms with Gasteiger partial charge in [0.2, 0.25) is 0 Å². The van der Waals surface area contributed by atoms with Gasteiger partial charge in [-0.25, -0.2) is 4.79 Å². The lowest BCUT2D eigenvalue weighted by molar-refractivity contribution is 0.0601. The van der Waals surface area contributed by atoms with E-state index >= 15 is 0 Å². The molecule has 0 fully saturated rings. The number of hydrogen-bond acceptors (Lipinski definition) is 4. The van der Waals surface area contributed by atoms with Crippen molar-refractivity contribution in [3.05, 3.63) is 47.0 Å². The van der Waals surface area contributed by atoms with Crippen LogP contribution in [-0.4, -0.2) is 25.3 Å². The van der Waals surface area contributed by atoms with Crippen molar-refractivity contribution in [2.24, 2.45) is 0 Å². The minimum Gasteiger partial charge on any atom is -0.504 e. The van der Waals surface area contributed by atoms with Gasteiger partial charge in [0.25, 0.3) is 0 Å². The van der Waals surface area contributed by atoms with Gasteiger partial charge in [-0.15, -0.1) is 0 Å². The summed E-state index contributed by atoms with van der Waals surface area (Å²) in [6.45, 7) is 0. The third kappa shape index (κ3) is 2.70. The van der Waals surface area contributed by atoms with E-state index in [4.69, 9.17) is 16.3 Å². The number of ether oxygens (including phenoxy) is 2. The summed E-state index contributed by atoms with van der Waals surface area (Å²) in [6.07, 6.45) is 0. The van der Waals surface area contributed by atoms with Gasteiger partial charge in [0.15, 0.2) is 11.5 Å². The summed E-state index contributed by atoms with van der Waals surface area (Å²) in [5.74, 6) is -0.0628. The van der Waals surface area contributed by atoms with Crippen LogP contribution in [0.5, 0.6) is 11.5 Å². The SMILES string of the molecule is COC(=O)c1ccc(Cl)c(-c2ccc(O)c(OC)c2)c1. The molecule has 2 aromatic carbocycles. The standard InChI is InChI=1S/C15H13ClO4/c1-19-14-8-9(4-6-13(14)17)11-7-10(15(18)20-2)3-5-12(11)16/h3-8,17H,1-2H3. The molecule has 5 heteroatoms. The zero-order valence-corrected chi connectivity index (χ0v) is 11.8. The minimum atomic E-state index is -0.436. The highest BCUT2D eigenvalue weighted by atomic mass is 35.5. The number of phenolic OH excluding ortho intramolecular Hbond substituents is 1. The maximum Gasteiger partial charge on any atom is 0.337 e. The molecule has 2 aromatic rings. The van der Waals surface area contributed by atoms with Crippen LogP contribution in [0.3, 0.4) is 0 Å². The minimum absolute atomic E-state index is 0.0384. The molecule has 0 amide bonds. The van der Waals surface area contributed by atoms with E-state index < -0.39 is 5.97 Å². The van der Waals surface area contributed by atoms with Crippen molar-refractivity contribution in [3.8, 4) is 22.6 Å². The van der Waals surface area contributed by atoms with Crippen molar-refractivity contribution >= 4 is 17.6 Å². The largest absolute Gasteiger partial charge is 0.504 e. The van der Waals surface area contributed by atoms with Gasteiger partial charge in [-0.1, -0.05) is 17.7 Å². The second-order valence-corrected chi connectivity index (χ2v) is 4.48. The summed E-state index contributed by atoms with van der Waals surface area (Å²) in [6, 6.07) is 9.71. The number of halogens is 1. The zero-order chi connectivity index (χ0) is 14.7. The number of carbonyl (C=O) groups is 1. The molecular formula is C15H13ClO4. The summed E-state index contributed by atoms with van der Waals surface area (Å²) in [4.78, 5) is 11.6. The zero-order valence-electron chi connectivity index (χ0n) is 11.0. The maximum atomic E-state index is 11.6. The fourth-order valence-corrected chi connectivity index (χ4v) is 2.06. The fourth-order valence-electron chi connectivity index (χ4n) is 1.84. The number of carbonyl (C=O) groups excluding carboxylic acids is 1. The molecule has 0 aliphatic heterocycles. The smallest absolute Gasteiger partial charge is 0.337 e. The number of aromatic hydroxyl groups is 1. The summed E-state index contributed by atoms with van der Waals surface area (Å²) in [5, 5.41) is 10.1. The van der Waals surface area contributed by atoms with Gasteiger partial charge in [0.05, 0.1) is 19.8 Å². The summed E-state index contributed by atoms with van der Waals surface area (Å²) in [5.41, 5.74) is 1.79. The van der Waals surface area contributed by atoms with Crippen molar-refractivity contribution in [2.75, 3.05) is 14.2 Å². The molecule has 0 aromatic heterocycles. The number of phenols is 1. The molecule has 104 valence electrons. The van der Waals surface area contributed by atoms with Gasteiger partial charge in [-0.3, -0.25) is 0 Å². The Morgan fingerprint density at radius 3 is 2.55 bits per heavy atom. The highest BCUT2D eigenvalue weighted by Gasteiger charge is 2.12. The summed E-state index contributed by atoms with van der Waals surface area (Å²) < 4.78 is 9.75. The van der Waals surface area contributed by atoms with Gasteiger partial charge in [0, 0.05) is 10.6 Å². The molecule has 0 unspecified atom stereocenters. The number of esters is 1. The molecular weight excluding hydrogens is 280 g/mol. The molecule has 1 N–H and O–H groups in total. The number of benzene rings is 2. The van der Waals surface area contributed by atoms with E-state index in [0.29, 0.717) is 21.9 Å². The first kappa shape index (κ1) is 14.2. The normalized spacial score (nSPS) is 10.2. The molecule has 0 saturated carbocycles. The van der Waals surface area contributed by atoms with Gasteiger partial charge in [0.1, 0.15) is 0 Å². The van der Waals surface area contributed by atoms with Crippen LogP contribution in [0.15, 0.2) is 36.4 Å². The Balaban J connectivity index is 2.54. The highest BCUT2D eigenvalue weighted by molar-refractivity contribution is 6.33. The third-order valence-corrected chi connectivity index (χ3v) is 3.21. The topological polar surface area (TPSA) is 55.8 Å². The first-order valence-electron chi connectivity index (χ1n) is 5.82. The third-order valence-electron chi connectivity index (χ3n) is 2.88. The van der Waals surface area contributed by atoms with E-state index in [-0.39, 0.29) is 5.75 Å². The van der Waals surface area contributed by atoms with Crippen LogP contribution in [0.1, 0.15) is 10.4 Å². The molecule has 0 atom stereocenters. The van der Waals surface area contributed by atoms with Crippen molar-refractivity contribution in [2.45, 2.75) is 0 Å². The van der Waals surface area contributed by atoms with Crippen LogP contribution in [0.2, 0.25) is 5.02 Å². The van der Waals surface area contributed by atoms with Gasteiger partial charge >= 0.3 is 5.97 Å². The molecule has 4 nitrogen and oxygen atoms in total. The van der Waals surface area contributed by atoms with Crippen LogP contribution in [0, 0.1) is 0 Å².